The summed E-state index contributed by atoms with van der Waals surface area (Å²) >= 11 is 3.30. The van der Waals surface area contributed by atoms with Crippen LogP contribution in [0, 0.1) is 6.92 Å². The van der Waals surface area contributed by atoms with E-state index >= 15 is 0 Å². The Kier molecular flexibility index (Phi) is 6.68. The lowest BCUT2D eigenvalue weighted by Crippen LogP contribution is -1.81. The van der Waals surface area contributed by atoms with Gasteiger partial charge in [0.25, 0.3) is 0 Å². The third-order valence-corrected chi connectivity index (χ3v) is 8.62. The molecular weight excluding hydrogens is 545 g/mol. The molecular formula is C33H24N6S2. The third kappa shape index (κ3) is 4.95. The van der Waals surface area contributed by atoms with Crippen molar-refractivity contribution in [3.63, 3.8) is 0 Å². The molecule has 41 heavy (non-hydrogen) atoms. The van der Waals surface area contributed by atoms with E-state index in [9.17, 15) is 0 Å². The molecule has 0 atom stereocenters. The van der Waals surface area contributed by atoms with Gasteiger partial charge in [0.05, 0.1) is 11.4 Å². The highest BCUT2D eigenvalue weighted by Crippen LogP contribution is 2.35. The van der Waals surface area contributed by atoms with Crippen LogP contribution in [0.5, 0.6) is 0 Å². The molecule has 0 bridgehead atoms. The molecule has 0 amide bonds. The van der Waals surface area contributed by atoms with Gasteiger partial charge >= 0.3 is 0 Å². The van der Waals surface area contributed by atoms with Crippen LogP contribution in [0.4, 0.5) is 0 Å². The molecule has 0 aliphatic heterocycles. The van der Waals surface area contributed by atoms with E-state index in [4.69, 9.17) is 9.97 Å². The molecule has 0 unspecified atom stereocenters. The number of hydrogen-bond donors (Lipinski definition) is 2. The minimum atomic E-state index is 0.999. The average molecular weight is 569 g/mol. The summed E-state index contributed by atoms with van der Waals surface area (Å²) in [5.41, 5.74) is 9.93. The highest BCUT2D eigenvalue weighted by Gasteiger charge is 2.14. The van der Waals surface area contributed by atoms with Gasteiger partial charge in [-0.05, 0) is 43.3 Å². The maximum absolute atomic E-state index is 4.79. The average Bonchev–Trinajstić information content (AvgIpc) is 3.83. The molecule has 8 rings (SSSR count). The highest BCUT2D eigenvalue weighted by atomic mass is 32.1. The van der Waals surface area contributed by atoms with E-state index in [1.807, 2.05) is 61.1 Å². The Morgan fingerprint density at radius 2 is 1.24 bits per heavy atom. The van der Waals surface area contributed by atoms with E-state index in [0.717, 1.165) is 54.8 Å². The highest BCUT2D eigenvalue weighted by molar-refractivity contribution is 7.13. The Hall–Kier alpha value is -4.92. The number of rotatable bonds is 4. The number of benzene rings is 2. The summed E-state index contributed by atoms with van der Waals surface area (Å²) in [6.07, 6.45) is 9.27. The quantitative estimate of drug-likeness (QED) is 0.222. The number of hydrogen-bond acceptors (Lipinski definition) is 6. The van der Waals surface area contributed by atoms with Gasteiger partial charge in [0.1, 0.15) is 10.0 Å². The maximum Gasteiger partial charge on any atom is 0.125 e. The van der Waals surface area contributed by atoms with Crippen LogP contribution in [0.25, 0.3) is 65.5 Å². The first kappa shape index (κ1) is 25.1. The summed E-state index contributed by atoms with van der Waals surface area (Å²) in [6, 6.07) is 24.6. The van der Waals surface area contributed by atoms with E-state index in [2.05, 4.69) is 68.0 Å². The van der Waals surface area contributed by atoms with Crippen molar-refractivity contribution in [2.75, 3.05) is 0 Å². The lowest BCUT2D eigenvalue weighted by molar-refractivity contribution is 1.28. The van der Waals surface area contributed by atoms with Crippen molar-refractivity contribution in [1.29, 1.82) is 0 Å². The summed E-state index contributed by atoms with van der Waals surface area (Å²) in [4.78, 5) is 24.5. The van der Waals surface area contributed by atoms with Gasteiger partial charge in [0.15, 0.2) is 0 Å². The van der Waals surface area contributed by atoms with Crippen LogP contribution in [0.1, 0.15) is 5.69 Å². The lowest BCUT2D eigenvalue weighted by atomic mass is 10.1. The van der Waals surface area contributed by atoms with Gasteiger partial charge in [-0.15, -0.1) is 22.7 Å². The largest absolute Gasteiger partial charge is 0.360 e. The Morgan fingerprint density at radius 3 is 1.93 bits per heavy atom. The first-order valence-corrected chi connectivity index (χ1v) is 14.9. The second-order valence-corrected chi connectivity index (χ2v) is 11.2. The molecule has 8 aromatic rings. The monoisotopic (exact) mass is 568 g/mol. The van der Waals surface area contributed by atoms with Crippen LogP contribution in [-0.2, 0) is 0 Å². The van der Waals surface area contributed by atoms with E-state index in [1.54, 1.807) is 35.1 Å². The van der Waals surface area contributed by atoms with Gasteiger partial charge in [-0.2, -0.15) is 0 Å². The van der Waals surface area contributed by atoms with E-state index < -0.39 is 0 Å². The Balaban J connectivity index is 0.000000135. The molecule has 0 aliphatic carbocycles. The number of nitrogens with one attached hydrogen (secondary N) is 2. The number of thiazole rings is 2. The molecule has 6 heterocycles. The number of aryl methyl sites for hydroxylation is 1. The van der Waals surface area contributed by atoms with Crippen molar-refractivity contribution >= 4 is 44.5 Å². The van der Waals surface area contributed by atoms with Gasteiger partial charge in [-0.3, -0.25) is 9.97 Å². The fraction of sp³-hybridized carbons (Fsp3) is 0.0303. The SMILES string of the molecule is Cc1[nH]c2ccccc2c1-c1csc(-c2cccnc2)n1.c1cncc(-c2nc(-c3c[nH]c4ccccc34)cs2)c1. The van der Waals surface area contributed by atoms with E-state index in [0.29, 0.717) is 0 Å². The fourth-order valence-corrected chi connectivity index (χ4v) is 6.53. The van der Waals surface area contributed by atoms with Gasteiger partial charge in [0, 0.05) is 91.5 Å². The standard InChI is InChI=1S/C17H13N3S.C16H11N3S/c1-11-16(13-6-2-3-7-14(13)19-11)15-10-21-17(20-15)12-5-4-8-18-9-12;1-2-6-14-12(5-1)13(9-18-14)15-10-20-16(19-15)11-4-3-7-17-8-11/h2-10,19H,1H3;1-10,18H. The normalized spacial score (nSPS) is 11.0. The second kappa shape index (κ2) is 10.9. The van der Waals surface area contributed by atoms with Crippen molar-refractivity contribution in [2.45, 2.75) is 6.92 Å². The Bertz CT molecular complexity index is 2070. The number of fused-ring (bicyclic) bond motifs is 2. The fourth-order valence-electron chi connectivity index (χ4n) is 4.92. The minimum absolute atomic E-state index is 0.999. The molecule has 0 fully saturated rings. The number of para-hydroxylation sites is 2. The molecule has 0 aliphatic rings. The second-order valence-electron chi connectivity index (χ2n) is 9.48. The zero-order chi connectivity index (χ0) is 27.6. The number of pyridine rings is 2. The van der Waals surface area contributed by atoms with Crippen LogP contribution >= 0.6 is 22.7 Å². The van der Waals surface area contributed by atoms with Crippen molar-refractivity contribution < 1.29 is 0 Å². The van der Waals surface area contributed by atoms with Gasteiger partial charge < -0.3 is 9.97 Å². The van der Waals surface area contributed by atoms with Crippen molar-refractivity contribution in [3.8, 4) is 43.7 Å². The van der Waals surface area contributed by atoms with Crippen LogP contribution in [0.2, 0.25) is 0 Å². The van der Waals surface area contributed by atoms with Crippen molar-refractivity contribution in [2.24, 2.45) is 0 Å². The third-order valence-electron chi connectivity index (χ3n) is 6.84. The summed E-state index contributed by atoms with van der Waals surface area (Å²) in [7, 11) is 0. The first-order chi connectivity index (χ1) is 20.2. The smallest absolute Gasteiger partial charge is 0.125 e. The molecule has 198 valence electrons. The predicted molar refractivity (Wildman–Crippen MR) is 170 cm³/mol. The molecule has 0 radical (unpaired) electrons. The van der Waals surface area contributed by atoms with Crippen molar-refractivity contribution in [3.05, 3.63) is 120 Å². The molecule has 2 aromatic carbocycles. The molecule has 0 saturated carbocycles. The number of aromatic nitrogens is 6. The summed E-state index contributed by atoms with van der Waals surface area (Å²) < 4.78 is 0. The summed E-state index contributed by atoms with van der Waals surface area (Å²) in [5, 5.41) is 8.64. The van der Waals surface area contributed by atoms with E-state index in [1.165, 1.54) is 16.3 Å². The number of nitrogens with zero attached hydrogens (tertiary/aromatic N) is 4. The van der Waals surface area contributed by atoms with Crippen LogP contribution in [0.15, 0.2) is 115 Å². The molecule has 6 aromatic heterocycles. The molecule has 8 heteroatoms. The van der Waals surface area contributed by atoms with Gasteiger partial charge in [0.2, 0.25) is 0 Å². The Labute approximate surface area is 244 Å². The van der Waals surface area contributed by atoms with E-state index in [-0.39, 0.29) is 0 Å². The topological polar surface area (TPSA) is 83.1 Å². The Morgan fingerprint density at radius 1 is 0.634 bits per heavy atom. The zero-order valence-electron chi connectivity index (χ0n) is 22.1. The molecule has 6 nitrogen and oxygen atoms in total. The number of H-pyrrole nitrogens is 2. The van der Waals surface area contributed by atoms with Crippen molar-refractivity contribution in [1.82, 2.24) is 29.9 Å². The maximum atomic E-state index is 4.79. The van der Waals surface area contributed by atoms with Gasteiger partial charge in [-0.25, -0.2) is 9.97 Å². The van der Waals surface area contributed by atoms with Crippen LogP contribution in [-0.4, -0.2) is 29.9 Å². The van der Waals surface area contributed by atoms with Crippen LogP contribution < -0.4 is 0 Å². The molecule has 0 saturated heterocycles. The number of aromatic amines is 2. The van der Waals surface area contributed by atoms with Crippen LogP contribution in [0.3, 0.4) is 0 Å². The summed E-state index contributed by atoms with van der Waals surface area (Å²) in [5.74, 6) is 0. The zero-order valence-corrected chi connectivity index (χ0v) is 23.7. The first-order valence-electron chi connectivity index (χ1n) is 13.1. The predicted octanol–water partition coefficient (Wildman–Crippen LogP) is 9.02. The molecule has 2 N–H and O–H groups in total. The van der Waals surface area contributed by atoms with Gasteiger partial charge in [-0.1, -0.05) is 36.4 Å². The minimum Gasteiger partial charge on any atom is -0.360 e. The lowest BCUT2D eigenvalue weighted by Gasteiger charge is -1.97. The summed E-state index contributed by atoms with van der Waals surface area (Å²) in [6.45, 7) is 2.10. The molecule has 0 spiro atoms.